The molecule has 3 N–H and O–H groups in total. The Hall–Kier alpha value is -1.17. The number of thiophene rings is 1. The highest BCUT2D eigenvalue weighted by Crippen LogP contribution is 2.29. The molecule has 0 aliphatic rings. The lowest BCUT2D eigenvalue weighted by Gasteiger charge is -2.14. The quantitative estimate of drug-likeness (QED) is 0.824. The number of benzene rings is 1. The van der Waals surface area contributed by atoms with Crippen LogP contribution in [0.15, 0.2) is 30.3 Å². The van der Waals surface area contributed by atoms with Crippen LogP contribution in [-0.2, 0) is 0 Å². The van der Waals surface area contributed by atoms with Gasteiger partial charge in [-0.15, -0.1) is 11.3 Å². The molecular formula is C13H12ClFN2S2. The highest BCUT2D eigenvalue weighted by Gasteiger charge is 2.10. The molecule has 1 atom stereocenters. The number of rotatable bonds is 4. The van der Waals surface area contributed by atoms with Gasteiger partial charge < -0.3 is 11.1 Å². The second-order valence-electron chi connectivity index (χ2n) is 4.07. The second kappa shape index (κ2) is 5.86. The largest absolute Gasteiger partial charge is 0.389 e. The van der Waals surface area contributed by atoms with E-state index in [1.807, 2.05) is 19.1 Å². The summed E-state index contributed by atoms with van der Waals surface area (Å²) in [6.45, 7) is 1.99. The van der Waals surface area contributed by atoms with Gasteiger partial charge in [-0.25, -0.2) is 4.39 Å². The molecular weight excluding hydrogens is 303 g/mol. The first kappa shape index (κ1) is 14.2. The average molecular weight is 315 g/mol. The van der Waals surface area contributed by atoms with Crippen LogP contribution < -0.4 is 11.1 Å². The fraction of sp³-hybridized carbons (Fsp3) is 0.154. The molecule has 2 rings (SSSR count). The van der Waals surface area contributed by atoms with Crippen LogP contribution in [0.1, 0.15) is 23.4 Å². The molecule has 19 heavy (non-hydrogen) atoms. The van der Waals surface area contributed by atoms with E-state index >= 15 is 0 Å². The highest BCUT2D eigenvalue weighted by molar-refractivity contribution is 7.80. The first-order valence-corrected chi connectivity index (χ1v) is 7.19. The zero-order valence-electron chi connectivity index (χ0n) is 10.1. The van der Waals surface area contributed by atoms with Crippen LogP contribution in [0.2, 0.25) is 4.34 Å². The lowest BCUT2D eigenvalue weighted by Crippen LogP contribution is -2.12. The molecule has 0 amide bonds. The van der Waals surface area contributed by atoms with Gasteiger partial charge in [-0.3, -0.25) is 0 Å². The van der Waals surface area contributed by atoms with E-state index in [0.29, 0.717) is 5.69 Å². The van der Waals surface area contributed by atoms with E-state index in [-0.39, 0.29) is 16.6 Å². The Balaban J connectivity index is 2.15. The van der Waals surface area contributed by atoms with E-state index in [9.17, 15) is 4.39 Å². The maximum atomic E-state index is 13.7. The molecule has 6 heteroatoms. The summed E-state index contributed by atoms with van der Waals surface area (Å²) >= 11 is 12.2. The van der Waals surface area contributed by atoms with Crippen LogP contribution >= 0.6 is 35.2 Å². The van der Waals surface area contributed by atoms with Gasteiger partial charge in [0.25, 0.3) is 0 Å². The zero-order valence-corrected chi connectivity index (χ0v) is 12.5. The van der Waals surface area contributed by atoms with Crippen molar-refractivity contribution in [1.82, 2.24) is 0 Å². The molecule has 0 aliphatic heterocycles. The van der Waals surface area contributed by atoms with Crippen molar-refractivity contribution in [2.45, 2.75) is 13.0 Å². The van der Waals surface area contributed by atoms with E-state index < -0.39 is 5.82 Å². The molecule has 1 heterocycles. The SMILES string of the molecule is CC(Nc1ccc(C(N)=S)c(F)c1)c1ccc(Cl)s1. The summed E-state index contributed by atoms with van der Waals surface area (Å²) in [5.74, 6) is -0.422. The highest BCUT2D eigenvalue weighted by atomic mass is 35.5. The van der Waals surface area contributed by atoms with Gasteiger partial charge in [0, 0.05) is 16.1 Å². The minimum Gasteiger partial charge on any atom is -0.389 e. The minimum absolute atomic E-state index is 0.0487. The summed E-state index contributed by atoms with van der Waals surface area (Å²) in [6, 6.07) is 8.56. The third kappa shape index (κ3) is 3.43. The van der Waals surface area contributed by atoms with Crippen molar-refractivity contribution in [3.8, 4) is 0 Å². The molecule has 0 fully saturated rings. The molecule has 1 aromatic heterocycles. The van der Waals surface area contributed by atoms with Crippen molar-refractivity contribution in [3.05, 3.63) is 50.9 Å². The van der Waals surface area contributed by atoms with E-state index in [2.05, 4.69) is 5.32 Å². The fourth-order valence-corrected chi connectivity index (χ4v) is 2.92. The van der Waals surface area contributed by atoms with Gasteiger partial charge in [0.15, 0.2) is 0 Å². The maximum Gasteiger partial charge on any atom is 0.135 e. The number of thiocarbonyl (C=S) groups is 1. The number of hydrogen-bond donors (Lipinski definition) is 2. The number of anilines is 1. The second-order valence-corrected chi connectivity index (χ2v) is 6.25. The summed E-state index contributed by atoms with van der Waals surface area (Å²) in [6.07, 6.45) is 0. The summed E-state index contributed by atoms with van der Waals surface area (Å²) in [7, 11) is 0. The smallest absolute Gasteiger partial charge is 0.135 e. The summed E-state index contributed by atoms with van der Waals surface area (Å²) < 4.78 is 14.5. The van der Waals surface area contributed by atoms with Gasteiger partial charge in [0.1, 0.15) is 10.8 Å². The molecule has 100 valence electrons. The summed E-state index contributed by atoms with van der Waals surface area (Å²) in [5.41, 5.74) is 6.35. The van der Waals surface area contributed by atoms with E-state index in [4.69, 9.17) is 29.6 Å². The maximum absolute atomic E-state index is 13.7. The first-order valence-electron chi connectivity index (χ1n) is 5.58. The Labute approximate surface area is 125 Å². The van der Waals surface area contributed by atoms with Crippen LogP contribution in [0.3, 0.4) is 0 Å². The fourth-order valence-electron chi connectivity index (χ4n) is 1.69. The summed E-state index contributed by atoms with van der Waals surface area (Å²) in [4.78, 5) is 1.14. The van der Waals surface area contributed by atoms with E-state index in [1.54, 1.807) is 12.1 Å². The van der Waals surface area contributed by atoms with Crippen LogP contribution in [0, 0.1) is 5.82 Å². The average Bonchev–Trinajstić information content (AvgIpc) is 2.75. The van der Waals surface area contributed by atoms with Crippen molar-refractivity contribution in [2.75, 3.05) is 5.32 Å². The summed E-state index contributed by atoms with van der Waals surface area (Å²) in [5, 5.41) is 3.21. The normalized spacial score (nSPS) is 12.2. The van der Waals surface area contributed by atoms with Crippen LogP contribution in [0.25, 0.3) is 0 Å². The monoisotopic (exact) mass is 314 g/mol. The predicted molar refractivity (Wildman–Crippen MR) is 83.7 cm³/mol. The number of hydrogen-bond acceptors (Lipinski definition) is 3. The number of halogens is 2. The lowest BCUT2D eigenvalue weighted by atomic mass is 10.1. The van der Waals surface area contributed by atoms with E-state index in [0.717, 1.165) is 9.21 Å². The molecule has 0 saturated heterocycles. The van der Waals surface area contributed by atoms with Gasteiger partial charge in [-0.1, -0.05) is 23.8 Å². The standard InChI is InChI=1S/C13H12ClFN2S2/c1-7(11-4-5-12(14)19-11)17-8-2-3-9(13(16)18)10(15)6-8/h2-7,17H,1H3,(H2,16,18). The van der Waals surface area contributed by atoms with Crippen LogP contribution in [0.4, 0.5) is 10.1 Å². The molecule has 0 aliphatic carbocycles. The Kier molecular flexibility index (Phi) is 4.39. The number of nitrogens with one attached hydrogen (secondary N) is 1. The Morgan fingerprint density at radius 3 is 2.68 bits per heavy atom. The predicted octanol–water partition coefficient (Wildman–Crippen LogP) is 4.35. The molecule has 0 bridgehead atoms. The first-order chi connectivity index (χ1) is 8.97. The zero-order chi connectivity index (χ0) is 14.0. The van der Waals surface area contributed by atoms with Crippen molar-refractivity contribution >= 4 is 45.8 Å². The van der Waals surface area contributed by atoms with Gasteiger partial charge in [0.2, 0.25) is 0 Å². The molecule has 0 radical (unpaired) electrons. The molecule has 2 nitrogen and oxygen atoms in total. The van der Waals surface area contributed by atoms with E-state index in [1.165, 1.54) is 17.4 Å². The van der Waals surface area contributed by atoms with Crippen LogP contribution in [-0.4, -0.2) is 4.99 Å². The van der Waals surface area contributed by atoms with Crippen molar-refractivity contribution < 1.29 is 4.39 Å². The third-order valence-corrected chi connectivity index (χ3v) is 4.27. The molecule has 0 saturated carbocycles. The Morgan fingerprint density at radius 2 is 2.16 bits per heavy atom. The van der Waals surface area contributed by atoms with Gasteiger partial charge in [-0.2, -0.15) is 0 Å². The lowest BCUT2D eigenvalue weighted by molar-refractivity contribution is 0.625. The molecule has 0 spiro atoms. The van der Waals surface area contributed by atoms with Gasteiger partial charge in [0.05, 0.1) is 10.4 Å². The Bertz CT molecular complexity index is 612. The molecule has 1 unspecified atom stereocenters. The van der Waals surface area contributed by atoms with Crippen LogP contribution in [0.5, 0.6) is 0 Å². The van der Waals surface area contributed by atoms with Gasteiger partial charge in [-0.05, 0) is 37.3 Å². The van der Waals surface area contributed by atoms with Gasteiger partial charge >= 0.3 is 0 Å². The van der Waals surface area contributed by atoms with Crippen molar-refractivity contribution in [2.24, 2.45) is 5.73 Å². The Morgan fingerprint density at radius 1 is 1.42 bits per heavy atom. The number of nitrogens with two attached hydrogens (primary N) is 1. The topological polar surface area (TPSA) is 38.0 Å². The minimum atomic E-state index is -0.422. The molecule has 1 aromatic carbocycles. The molecule has 2 aromatic rings. The van der Waals surface area contributed by atoms with Crippen molar-refractivity contribution in [1.29, 1.82) is 0 Å². The third-order valence-electron chi connectivity index (χ3n) is 2.64. The van der Waals surface area contributed by atoms with Crippen molar-refractivity contribution in [3.63, 3.8) is 0 Å².